The van der Waals surface area contributed by atoms with Crippen molar-refractivity contribution in [2.75, 3.05) is 12.4 Å². The van der Waals surface area contributed by atoms with E-state index in [1.165, 1.54) is 18.7 Å². The third-order valence-electron chi connectivity index (χ3n) is 2.38. The van der Waals surface area contributed by atoms with Gasteiger partial charge in [0.05, 0.1) is 11.3 Å². The summed E-state index contributed by atoms with van der Waals surface area (Å²) in [6.45, 7) is 1.47. The van der Waals surface area contributed by atoms with Crippen LogP contribution in [0.3, 0.4) is 0 Å². The zero-order valence-electron chi connectivity index (χ0n) is 10.4. The Kier molecular flexibility index (Phi) is 4.81. The van der Waals surface area contributed by atoms with Crippen LogP contribution in [0.1, 0.15) is 17.3 Å². The maximum absolute atomic E-state index is 11.7. The van der Waals surface area contributed by atoms with Gasteiger partial charge >= 0.3 is 11.9 Å². The van der Waals surface area contributed by atoms with Gasteiger partial charge in [0.25, 0.3) is 0 Å². The number of benzene rings is 1. The van der Waals surface area contributed by atoms with Crippen LogP contribution in [0.15, 0.2) is 30.3 Å². The van der Waals surface area contributed by atoms with Gasteiger partial charge in [0.15, 0.2) is 0 Å². The average molecular weight is 282 g/mol. The minimum Gasteiger partial charge on any atom is -0.458 e. The molecule has 0 aromatic heterocycles. The fourth-order valence-electron chi connectivity index (χ4n) is 1.57. The maximum Gasteiger partial charge on any atom is 0.338 e. The van der Waals surface area contributed by atoms with E-state index in [0.717, 1.165) is 0 Å². The largest absolute Gasteiger partial charge is 0.458 e. The van der Waals surface area contributed by atoms with Crippen molar-refractivity contribution in [3.05, 3.63) is 35.9 Å². The van der Waals surface area contributed by atoms with Crippen LogP contribution in [0.5, 0.6) is 0 Å². The summed E-state index contributed by atoms with van der Waals surface area (Å²) >= 11 is 1.45. The first-order chi connectivity index (χ1) is 9.15. The van der Waals surface area contributed by atoms with Gasteiger partial charge < -0.3 is 14.2 Å². The second kappa shape index (κ2) is 6.58. The predicted octanol–water partition coefficient (Wildman–Crippen LogP) is 1.82. The molecule has 0 spiro atoms. The molecule has 0 unspecified atom stereocenters. The van der Waals surface area contributed by atoms with Crippen LogP contribution < -0.4 is 0 Å². The monoisotopic (exact) mass is 282 g/mol. The summed E-state index contributed by atoms with van der Waals surface area (Å²) in [7, 11) is 0. The molecule has 0 amide bonds. The number of thioether (sulfide) groups is 1. The highest BCUT2D eigenvalue weighted by Gasteiger charge is 2.29. The van der Waals surface area contributed by atoms with Gasteiger partial charge in [-0.2, -0.15) is 0 Å². The molecule has 0 radical (unpaired) electrons. The van der Waals surface area contributed by atoms with Crippen molar-refractivity contribution in [3.63, 3.8) is 0 Å². The van der Waals surface area contributed by atoms with Crippen molar-refractivity contribution >= 4 is 23.7 Å². The van der Waals surface area contributed by atoms with Crippen LogP contribution in [-0.2, 0) is 19.0 Å². The van der Waals surface area contributed by atoms with E-state index < -0.39 is 6.29 Å². The number of ether oxygens (including phenoxy) is 3. The van der Waals surface area contributed by atoms with E-state index in [0.29, 0.717) is 11.3 Å². The molecule has 102 valence electrons. The molecular formula is C13H14O5S. The maximum atomic E-state index is 11.7. The van der Waals surface area contributed by atoms with E-state index in [1.54, 1.807) is 24.3 Å². The molecule has 6 heteroatoms. The van der Waals surface area contributed by atoms with Gasteiger partial charge in [0.1, 0.15) is 12.0 Å². The zero-order valence-corrected chi connectivity index (χ0v) is 11.2. The van der Waals surface area contributed by atoms with Crippen molar-refractivity contribution in [3.8, 4) is 0 Å². The van der Waals surface area contributed by atoms with Crippen LogP contribution in [0.2, 0.25) is 0 Å². The SMILES string of the molecule is CC(=O)O[C@H]1CS[C@H](COC(=O)c2ccccc2)O1. The summed E-state index contributed by atoms with van der Waals surface area (Å²) in [5.74, 6) is -0.221. The Balaban J connectivity index is 1.75. The Morgan fingerprint density at radius 1 is 1.37 bits per heavy atom. The van der Waals surface area contributed by atoms with Gasteiger partial charge in [-0.15, -0.1) is 11.8 Å². The normalized spacial score (nSPS) is 21.9. The van der Waals surface area contributed by atoms with Crippen molar-refractivity contribution in [1.29, 1.82) is 0 Å². The molecular weight excluding hydrogens is 268 g/mol. The smallest absolute Gasteiger partial charge is 0.338 e. The highest BCUT2D eigenvalue weighted by Crippen LogP contribution is 2.26. The van der Waals surface area contributed by atoms with E-state index >= 15 is 0 Å². The minimum atomic E-state index is -0.553. The van der Waals surface area contributed by atoms with Crippen LogP contribution in [-0.4, -0.2) is 36.0 Å². The molecule has 0 bridgehead atoms. The van der Waals surface area contributed by atoms with E-state index in [-0.39, 0.29) is 24.0 Å². The van der Waals surface area contributed by atoms with Crippen LogP contribution in [0.4, 0.5) is 0 Å². The summed E-state index contributed by atoms with van der Waals surface area (Å²) in [6.07, 6.45) is -0.553. The molecule has 1 aliphatic rings. The molecule has 0 N–H and O–H groups in total. The first-order valence-corrected chi connectivity index (χ1v) is 6.86. The van der Waals surface area contributed by atoms with Crippen molar-refractivity contribution in [2.24, 2.45) is 0 Å². The summed E-state index contributed by atoms with van der Waals surface area (Å²) < 4.78 is 15.5. The summed E-state index contributed by atoms with van der Waals surface area (Å²) in [6, 6.07) is 8.75. The van der Waals surface area contributed by atoms with Crippen LogP contribution >= 0.6 is 11.8 Å². The molecule has 19 heavy (non-hydrogen) atoms. The number of rotatable bonds is 4. The lowest BCUT2D eigenvalue weighted by Crippen LogP contribution is -2.22. The molecule has 2 atom stereocenters. The first-order valence-electron chi connectivity index (χ1n) is 5.81. The number of hydrogen-bond acceptors (Lipinski definition) is 6. The Hall–Kier alpha value is -1.53. The van der Waals surface area contributed by atoms with Crippen molar-refractivity contribution in [2.45, 2.75) is 18.6 Å². The van der Waals surface area contributed by atoms with E-state index in [2.05, 4.69) is 0 Å². The Bertz CT molecular complexity index is 448. The highest BCUT2D eigenvalue weighted by atomic mass is 32.2. The summed E-state index contributed by atoms with van der Waals surface area (Å²) in [5.41, 5.74) is 0.207. The average Bonchev–Trinajstić information content (AvgIpc) is 2.84. The lowest BCUT2D eigenvalue weighted by Gasteiger charge is -2.12. The van der Waals surface area contributed by atoms with Crippen molar-refractivity contribution < 1.29 is 23.8 Å². The fraction of sp³-hybridized carbons (Fsp3) is 0.385. The Morgan fingerprint density at radius 2 is 2.11 bits per heavy atom. The van der Waals surface area contributed by atoms with Crippen molar-refractivity contribution in [1.82, 2.24) is 0 Å². The first kappa shape index (κ1) is 13.9. The summed E-state index contributed by atoms with van der Waals surface area (Å²) in [5, 5.41) is 0. The molecule has 5 nitrogen and oxygen atoms in total. The number of carbonyl (C=O) groups excluding carboxylic acids is 2. The van der Waals surface area contributed by atoms with Crippen LogP contribution in [0.25, 0.3) is 0 Å². The minimum absolute atomic E-state index is 0.135. The van der Waals surface area contributed by atoms with Gasteiger partial charge in [-0.05, 0) is 12.1 Å². The molecule has 1 heterocycles. The van der Waals surface area contributed by atoms with Gasteiger partial charge in [0.2, 0.25) is 6.29 Å². The van der Waals surface area contributed by atoms with E-state index in [4.69, 9.17) is 14.2 Å². The zero-order chi connectivity index (χ0) is 13.7. The molecule has 0 saturated carbocycles. The Morgan fingerprint density at radius 3 is 2.79 bits per heavy atom. The summed E-state index contributed by atoms with van der Waals surface area (Å²) in [4.78, 5) is 22.4. The molecule has 1 saturated heterocycles. The molecule has 1 aliphatic heterocycles. The standard InChI is InChI=1S/C13H14O5S/c1-9(14)17-11-8-19-12(18-11)7-16-13(15)10-5-3-2-4-6-10/h2-6,11-12H,7-8H2,1H3/t11-,12-/m1/s1. The van der Waals surface area contributed by atoms with Gasteiger partial charge in [-0.25, -0.2) is 4.79 Å². The number of carbonyl (C=O) groups is 2. The molecule has 1 aromatic carbocycles. The van der Waals surface area contributed by atoms with Gasteiger partial charge in [-0.1, -0.05) is 18.2 Å². The highest BCUT2D eigenvalue weighted by molar-refractivity contribution is 8.00. The second-order valence-electron chi connectivity index (χ2n) is 3.90. The third kappa shape index (κ3) is 4.25. The van der Waals surface area contributed by atoms with Crippen LogP contribution in [0, 0.1) is 0 Å². The van der Waals surface area contributed by atoms with E-state index in [9.17, 15) is 9.59 Å². The number of hydrogen-bond donors (Lipinski definition) is 0. The quantitative estimate of drug-likeness (QED) is 0.785. The Labute approximate surface area is 115 Å². The third-order valence-corrected chi connectivity index (χ3v) is 3.46. The molecule has 2 rings (SSSR count). The van der Waals surface area contributed by atoms with Gasteiger partial charge in [0, 0.05) is 6.92 Å². The lowest BCUT2D eigenvalue weighted by atomic mass is 10.2. The van der Waals surface area contributed by atoms with E-state index in [1.807, 2.05) is 6.07 Å². The predicted molar refractivity (Wildman–Crippen MR) is 69.6 cm³/mol. The topological polar surface area (TPSA) is 61.8 Å². The second-order valence-corrected chi connectivity index (χ2v) is 5.09. The molecule has 1 fully saturated rings. The fourth-order valence-corrected chi connectivity index (χ4v) is 2.45. The van der Waals surface area contributed by atoms with Gasteiger partial charge in [-0.3, -0.25) is 4.79 Å². The molecule has 1 aromatic rings. The lowest BCUT2D eigenvalue weighted by molar-refractivity contribution is -0.172. The molecule has 0 aliphatic carbocycles. The number of esters is 2.